The zero-order chi connectivity index (χ0) is 11.8. The van der Waals surface area contributed by atoms with Crippen LogP contribution < -0.4 is 14.8 Å². The molecule has 5 nitrogen and oxygen atoms in total. The third kappa shape index (κ3) is 2.74. The van der Waals surface area contributed by atoms with E-state index < -0.39 is 11.9 Å². The van der Waals surface area contributed by atoms with Gasteiger partial charge < -0.3 is 14.2 Å². The number of anilines is 1. The van der Waals surface area contributed by atoms with Gasteiger partial charge in [-0.3, -0.25) is 5.32 Å². The summed E-state index contributed by atoms with van der Waals surface area (Å²) in [5, 5.41) is 2.56. The standard InChI is InChI=1S/C11H13NO4.ClH/c1-11(2)15-8-6-4-5-7(9(8)16-11)12-10(13)14-3;/h4-6H,1-3H3,(H,12,13);1H. The lowest BCUT2D eigenvalue weighted by Gasteiger charge is -2.16. The summed E-state index contributed by atoms with van der Waals surface area (Å²) in [5.74, 6) is 0.424. The van der Waals surface area contributed by atoms with Crippen molar-refractivity contribution < 1.29 is 19.0 Å². The average molecular weight is 260 g/mol. The first-order valence-electron chi connectivity index (χ1n) is 4.88. The van der Waals surface area contributed by atoms with Gasteiger partial charge in [-0.25, -0.2) is 4.79 Å². The Hall–Kier alpha value is -1.62. The number of carbonyl (C=O) groups is 1. The maximum Gasteiger partial charge on any atom is 0.411 e. The molecular formula is C11H14ClNO4. The van der Waals surface area contributed by atoms with Crippen LogP contribution in [-0.2, 0) is 4.74 Å². The molecule has 0 spiro atoms. The van der Waals surface area contributed by atoms with Crippen LogP contribution in [0.5, 0.6) is 11.5 Å². The predicted octanol–water partition coefficient (Wildman–Crippen LogP) is 2.79. The molecule has 1 amide bonds. The summed E-state index contributed by atoms with van der Waals surface area (Å²) in [5.41, 5.74) is 0.537. The first-order valence-corrected chi connectivity index (χ1v) is 4.88. The molecule has 0 aromatic heterocycles. The van der Waals surface area contributed by atoms with Gasteiger partial charge in [0.05, 0.1) is 12.8 Å². The number of amides is 1. The molecule has 0 fully saturated rings. The van der Waals surface area contributed by atoms with Gasteiger partial charge in [-0.2, -0.15) is 0 Å². The van der Waals surface area contributed by atoms with Crippen LogP contribution in [0.4, 0.5) is 10.5 Å². The van der Waals surface area contributed by atoms with Crippen molar-refractivity contribution in [3.8, 4) is 11.5 Å². The van der Waals surface area contributed by atoms with E-state index in [0.29, 0.717) is 17.2 Å². The van der Waals surface area contributed by atoms with E-state index in [1.165, 1.54) is 7.11 Å². The van der Waals surface area contributed by atoms with E-state index >= 15 is 0 Å². The number of nitrogens with one attached hydrogen (secondary N) is 1. The molecular weight excluding hydrogens is 246 g/mol. The lowest BCUT2D eigenvalue weighted by molar-refractivity contribution is -0.0429. The van der Waals surface area contributed by atoms with E-state index in [1.807, 2.05) is 0 Å². The van der Waals surface area contributed by atoms with Gasteiger partial charge in [-0.1, -0.05) is 6.07 Å². The van der Waals surface area contributed by atoms with Gasteiger partial charge in [0.25, 0.3) is 0 Å². The van der Waals surface area contributed by atoms with Crippen LogP contribution in [-0.4, -0.2) is 19.0 Å². The monoisotopic (exact) mass is 259 g/mol. The Morgan fingerprint density at radius 3 is 2.71 bits per heavy atom. The third-order valence-electron chi connectivity index (χ3n) is 2.10. The molecule has 1 heterocycles. The van der Waals surface area contributed by atoms with Crippen LogP contribution in [0.3, 0.4) is 0 Å². The molecule has 1 aromatic rings. The molecule has 0 saturated heterocycles. The second-order valence-corrected chi connectivity index (χ2v) is 3.85. The highest BCUT2D eigenvalue weighted by Gasteiger charge is 2.33. The van der Waals surface area contributed by atoms with Crippen molar-refractivity contribution in [2.24, 2.45) is 0 Å². The number of para-hydroxylation sites is 1. The first-order chi connectivity index (χ1) is 7.52. The van der Waals surface area contributed by atoms with Gasteiger partial charge >= 0.3 is 6.09 Å². The number of benzene rings is 1. The summed E-state index contributed by atoms with van der Waals surface area (Å²) in [6, 6.07) is 5.28. The van der Waals surface area contributed by atoms with Gasteiger partial charge in [0.15, 0.2) is 11.5 Å². The lowest BCUT2D eigenvalue weighted by Crippen LogP contribution is -2.30. The minimum atomic E-state index is -0.712. The largest absolute Gasteiger partial charge is 0.453 e. The SMILES string of the molecule is COC(=O)Nc1cccc2c1OC(C)(C)O2.Cl. The Morgan fingerprint density at radius 2 is 2.06 bits per heavy atom. The van der Waals surface area contributed by atoms with Crippen LogP contribution in [0, 0.1) is 0 Å². The van der Waals surface area contributed by atoms with Crippen LogP contribution >= 0.6 is 12.4 Å². The second-order valence-electron chi connectivity index (χ2n) is 3.85. The summed E-state index contributed by atoms with van der Waals surface area (Å²) in [6.45, 7) is 3.60. The predicted molar refractivity (Wildman–Crippen MR) is 65.1 cm³/mol. The van der Waals surface area contributed by atoms with E-state index in [4.69, 9.17) is 9.47 Å². The van der Waals surface area contributed by atoms with Gasteiger partial charge in [-0.05, 0) is 12.1 Å². The van der Waals surface area contributed by atoms with Crippen molar-refractivity contribution in [2.75, 3.05) is 12.4 Å². The molecule has 1 aromatic carbocycles. The van der Waals surface area contributed by atoms with Gasteiger partial charge in [0.2, 0.25) is 5.79 Å². The van der Waals surface area contributed by atoms with E-state index in [2.05, 4.69) is 10.1 Å². The summed E-state index contributed by atoms with van der Waals surface area (Å²) >= 11 is 0. The average Bonchev–Trinajstić information content (AvgIpc) is 2.53. The minimum absolute atomic E-state index is 0. The number of methoxy groups -OCH3 is 1. The molecule has 2 rings (SSSR count). The van der Waals surface area contributed by atoms with Gasteiger partial charge in [-0.15, -0.1) is 12.4 Å². The molecule has 0 atom stereocenters. The van der Waals surface area contributed by atoms with E-state index in [9.17, 15) is 4.79 Å². The van der Waals surface area contributed by atoms with Gasteiger partial charge in [0.1, 0.15) is 0 Å². The Balaban J connectivity index is 0.00000144. The van der Waals surface area contributed by atoms with Crippen molar-refractivity contribution >= 4 is 24.2 Å². The Kier molecular flexibility index (Phi) is 3.72. The normalized spacial score (nSPS) is 14.8. The second kappa shape index (κ2) is 4.71. The van der Waals surface area contributed by atoms with Crippen molar-refractivity contribution in [1.29, 1.82) is 0 Å². The fraction of sp³-hybridized carbons (Fsp3) is 0.364. The maximum atomic E-state index is 11.1. The van der Waals surface area contributed by atoms with Crippen molar-refractivity contribution in [1.82, 2.24) is 0 Å². The van der Waals surface area contributed by atoms with E-state index in [1.54, 1.807) is 32.0 Å². The van der Waals surface area contributed by atoms with Crippen molar-refractivity contribution in [3.05, 3.63) is 18.2 Å². The fourth-order valence-electron chi connectivity index (χ4n) is 1.49. The highest BCUT2D eigenvalue weighted by atomic mass is 35.5. The van der Waals surface area contributed by atoms with Crippen LogP contribution in [0.2, 0.25) is 0 Å². The fourth-order valence-corrected chi connectivity index (χ4v) is 1.49. The molecule has 0 bridgehead atoms. The topological polar surface area (TPSA) is 56.8 Å². The van der Waals surface area contributed by atoms with Crippen LogP contribution in [0.25, 0.3) is 0 Å². The molecule has 17 heavy (non-hydrogen) atoms. The Morgan fingerprint density at radius 1 is 1.35 bits per heavy atom. The highest BCUT2D eigenvalue weighted by molar-refractivity contribution is 5.87. The molecule has 1 N–H and O–H groups in total. The summed E-state index contributed by atoms with van der Waals surface area (Å²) in [6.07, 6.45) is -0.540. The molecule has 94 valence electrons. The third-order valence-corrected chi connectivity index (χ3v) is 2.10. The van der Waals surface area contributed by atoms with E-state index in [-0.39, 0.29) is 12.4 Å². The summed E-state index contributed by atoms with van der Waals surface area (Å²) in [7, 11) is 1.31. The number of rotatable bonds is 1. The van der Waals surface area contributed by atoms with Crippen LogP contribution in [0.1, 0.15) is 13.8 Å². The molecule has 0 aliphatic carbocycles. The number of hydrogen-bond acceptors (Lipinski definition) is 4. The number of halogens is 1. The molecule has 0 saturated carbocycles. The zero-order valence-electron chi connectivity index (χ0n) is 9.77. The number of ether oxygens (including phenoxy) is 3. The number of hydrogen-bond donors (Lipinski definition) is 1. The Bertz CT molecular complexity index is 433. The van der Waals surface area contributed by atoms with Crippen molar-refractivity contribution in [2.45, 2.75) is 19.6 Å². The smallest absolute Gasteiger partial charge is 0.411 e. The van der Waals surface area contributed by atoms with Crippen molar-refractivity contribution in [3.63, 3.8) is 0 Å². The minimum Gasteiger partial charge on any atom is -0.453 e. The van der Waals surface area contributed by atoms with Gasteiger partial charge in [0, 0.05) is 13.8 Å². The van der Waals surface area contributed by atoms with E-state index in [0.717, 1.165) is 0 Å². The quantitative estimate of drug-likeness (QED) is 0.843. The lowest BCUT2D eigenvalue weighted by atomic mass is 10.3. The van der Waals surface area contributed by atoms with Crippen LogP contribution in [0.15, 0.2) is 18.2 Å². The molecule has 1 aliphatic rings. The molecule has 0 radical (unpaired) electrons. The highest BCUT2D eigenvalue weighted by Crippen LogP contribution is 2.44. The molecule has 0 unspecified atom stereocenters. The number of fused-ring (bicyclic) bond motifs is 1. The summed E-state index contributed by atoms with van der Waals surface area (Å²) < 4.78 is 15.6. The Labute approximate surface area is 105 Å². The number of carbonyl (C=O) groups excluding carboxylic acids is 1. The first kappa shape index (κ1) is 13.4. The summed E-state index contributed by atoms with van der Waals surface area (Å²) in [4.78, 5) is 11.1. The molecule has 6 heteroatoms. The molecule has 1 aliphatic heterocycles. The zero-order valence-corrected chi connectivity index (χ0v) is 10.6. The maximum absolute atomic E-state index is 11.1.